The number of fused-ring (bicyclic) bond motifs is 2. The number of carbonyl (C=O) groups excluding carboxylic acids is 1. The van der Waals surface area contributed by atoms with E-state index in [2.05, 4.69) is 9.71 Å². The molecule has 0 aliphatic heterocycles. The van der Waals surface area contributed by atoms with Crippen molar-refractivity contribution in [3.63, 3.8) is 0 Å². The lowest BCUT2D eigenvalue weighted by atomic mass is 9.75. The molecule has 39 heavy (non-hydrogen) atoms. The third-order valence-corrected chi connectivity index (χ3v) is 8.70. The average Bonchev–Trinajstić information content (AvgIpc) is 2.92. The van der Waals surface area contributed by atoms with Gasteiger partial charge in [0.05, 0.1) is 16.1 Å². The minimum absolute atomic E-state index is 0.137. The number of benzene rings is 3. The summed E-state index contributed by atoms with van der Waals surface area (Å²) in [6, 6.07) is 21.9. The van der Waals surface area contributed by atoms with Gasteiger partial charge in [-0.05, 0) is 60.2 Å². The van der Waals surface area contributed by atoms with Crippen molar-refractivity contribution in [3.8, 4) is 5.75 Å². The molecule has 7 nitrogen and oxygen atoms in total. The third kappa shape index (κ3) is 5.72. The first kappa shape index (κ1) is 26.6. The molecule has 5 rings (SSSR count). The van der Waals surface area contributed by atoms with E-state index in [0.717, 1.165) is 27.4 Å². The second-order valence-corrected chi connectivity index (χ2v) is 11.7. The Bertz CT molecular complexity index is 1710. The van der Waals surface area contributed by atoms with E-state index in [9.17, 15) is 13.2 Å². The molecule has 1 aliphatic carbocycles. The highest BCUT2D eigenvalue weighted by molar-refractivity contribution is 7.89. The van der Waals surface area contributed by atoms with E-state index in [1.54, 1.807) is 37.3 Å². The van der Waals surface area contributed by atoms with Gasteiger partial charge in [0.2, 0.25) is 10.0 Å². The predicted molar refractivity (Wildman–Crippen MR) is 152 cm³/mol. The molecule has 0 saturated carbocycles. The van der Waals surface area contributed by atoms with Gasteiger partial charge < -0.3 is 9.47 Å². The highest BCUT2D eigenvalue weighted by Crippen LogP contribution is 2.35. The Hall–Kier alpha value is -4.01. The lowest BCUT2D eigenvalue weighted by molar-refractivity contribution is -0.148. The number of hydrogen-bond acceptors (Lipinski definition) is 6. The molecule has 1 heterocycles. The van der Waals surface area contributed by atoms with Crippen LogP contribution in [0.2, 0.25) is 0 Å². The number of esters is 1. The first-order valence-electron chi connectivity index (χ1n) is 12.7. The van der Waals surface area contributed by atoms with Crippen molar-refractivity contribution in [2.45, 2.75) is 44.4 Å². The molecule has 4 aromatic rings. The highest BCUT2D eigenvalue weighted by atomic mass is 32.2. The number of carbonyl (C=O) groups is 1. The van der Waals surface area contributed by atoms with Gasteiger partial charge >= 0.3 is 5.97 Å². The normalized spacial score (nSPS) is 19.7. The number of para-hydroxylation sites is 1. The van der Waals surface area contributed by atoms with Crippen molar-refractivity contribution in [1.82, 2.24) is 9.71 Å². The largest absolute Gasteiger partial charge is 0.487 e. The van der Waals surface area contributed by atoms with E-state index in [-0.39, 0.29) is 11.5 Å². The summed E-state index contributed by atoms with van der Waals surface area (Å²) in [4.78, 5) is 16.4. The lowest BCUT2D eigenvalue weighted by Gasteiger charge is -2.39. The molecule has 0 amide bonds. The van der Waals surface area contributed by atoms with Crippen LogP contribution in [0.1, 0.15) is 26.5 Å². The van der Waals surface area contributed by atoms with E-state index >= 15 is 0 Å². The van der Waals surface area contributed by atoms with Crippen molar-refractivity contribution < 1.29 is 22.7 Å². The topological polar surface area (TPSA) is 94.6 Å². The second-order valence-electron chi connectivity index (χ2n) is 9.94. The molecule has 0 bridgehead atoms. The first-order valence-corrected chi connectivity index (χ1v) is 14.2. The number of pyridine rings is 1. The van der Waals surface area contributed by atoms with Crippen molar-refractivity contribution in [2.75, 3.05) is 0 Å². The zero-order valence-electron chi connectivity index (χ0n) is 22.0. The molecule has 3 unspecified atom stereocenters. The maximum atomic E-state index is 13.4. The molecule has 0 spiro atoms. The summed E-state index contributed by atoms with van der Waals surface area (Å²) in [6.07, 6.45) is 6.65. The standard InChI is InChI=1S/C31H30N2O5S/c1-21(31(3)17-7-6-10-30(31)38-22(2)34)33-39(35,36)28-16-13-23-12-15-27(18-25(23)19-28)37-20-26-14-11-24-8-4-5-9-29(24)32-26/h4-19,21,30,33H,20H2,1-3H3. The fraction of sp³-hybridized carbons (Fsp3) is 0.226. The molecule has 1 aliphatic rings. The Labute approximate surface area is 228 Å². The first-order chi connectivity index (χ1) is 18.6. The number of allylic oxidation sites excluding steroid dienone is 2. The minimum atomic E-state index is -3.88. The predicted octanol–water partition coefficient (Wildman–Crippen LogP) is 5.70. The summed E-state index contributed by atoms with van der Waals surface area (Å²) in [6.45, 7) is 5.26. The maximum Gasteiger partial charge on any atom is 0.303 e. The quantitative estimate of drug-likeness (QED) is 0.287. The highest BCUT2D eigenvalue weighted by Gasteiger charge is 2.41. The van der Waals surface area contributed by atoms with Crippen LogP contribution < -0.4 is 9.46 Å². The Kier molecular flexibility index (Phi) is 7.25. The SMILES string of the molecule is CC(=O)OC1C=CC=CC1(C)C(C)NS(=O)(=O)c1ccc2ccc(OCc3ccc4ccccc4n3)cc2c1. The van der Waals surface area contributed by atoms with Crippen molar-refractivity contribution in [3.05, 3.63) is 103 Å². The summed E-state index contributed by atoms with van der Waals surface area (Å²) >= 11 is 0. The van der Waals surface area contributed by atoms with Crippen LogP contribution in [0.25, 0.3) is 21.7 Å². The number of nitrogens with one attached hydrogen (secondary N) is 1. The van der Waals surface area contributed by atoms with E-state index in [1.165, 1.54) is 6.92 Å². The molecule has 1 N–H and O–H groups in total. The van der Waals surface area contributed by atoms with Crippen LogP contribution in [-0.2, 0) is 26.2 Å². The fourth-order valence-electron chi connectivity index (χ4n) is 4.70. The Morgan fingerprint density at radius 1 is 1.00 bits per heavy atom. The number of sulfonamides is 1. The van der Waals surface area contributed by atoms with Crippen molar-refractivity contribution in [2.24, 2.45) is 5.41 Å². The third-order valence-electron chi connectivity index (χ3n) is 7.16. The Morgan fingerprint density at radius 3 is 2.59 bits per heavy atom. The van der Waals surface area contributed by atoms with Crippen LogP contribution in [-0.4, -0.2) is 31.5 Å². The summed E-state index contributed by atoms with van der Waals surface area (Å²) < 4.78 is 41.0. The monoisotopic (exact) mass is 542 g/mol. The van der Waals surface area contributed by atoms with E-state index < -0.39 is 33.6 Å². The van der Waals surface area contributed by atoms with Crippen molar-refractivity contribution >= 4 is 37.7 Å². The molecule has 3 atom stereocenters. The maximum absolute atomic E-state index is 13.4. The van der Waals surface area contributed by atoms with Gasteiger partial charge in [0.15, 0.2) is 0 Å². The molecular formula is C31H30N2O5S. The molecule has 0 radical (unpaired) electrons. The van der Waals surface area contributed by atoms with Gasteiger partial charge in [-0.1, -0.05) is 61.5 Å². The number of rotatable bonds is 8. The van der Waals surface area contributed by atoms with Gasteiger partial charge in [-0.15, -0.1) is 0 Å². The second kappa shape index (κ2) is 10.6. The Morgan fingerprint density at radius 2 is 1.77 bits per heavy atom. The van der Waals surface area contributed by atoms with Crippen LogP contribution in [0, 0.1) is 5.41 Å². The average molecular weight is 543 g/mol. The van der Waals surface area contributed by atoms with Crippen LogP contribution in [0.5, 0.6) is 5.75 Å². The van der Waals surface area contributed by atoms with Gasteiger partial charge in [0, 0.05) is 23.8 Å². The van der Waals surface area contributed by atoms with Gasteiger partial charge in [-0.25, -0.2) is 18.1 Å². The lowest BCUT2D eigenvalue weighted by Crippen LogP contribution is -2.50. The minimum Gasteiger partial charge on any atom is -0.487 e. The van der Waals surface area contributed by atoms with E-state index in [4.69, 9.17) is 9.47 Å². The van der Waals surface area contributed by atoms with Gasteiger partial charge in [0.25, 0.3) is 0 Å². The molecule has 0 saturated heterocycles. The van der Waals surface area contributed by atoms with Crippen LogP contribution >= 0.6 is 0 Å². The number of hydrogen-bond donors (Lipinski definition) is 1. The fourth-order valence-corrected chi connectivity index (χ4v) is 6.08. The molecule has 0 fully saturated rings. The number of ether oxygens (including phenoxy) is 2. The van der Waals surface area contributed by atoms with Crippen LogP contribution in [0.15, 0.2) is 102 Å². The molecular weight excluding hydrogens is 512 g/mol. The van der Waals surface area contributed by atoms with Gasteiger partial charge in [0.1, 0.15) is 18.5 Å². The summed E-state index contributed by atoms with van der Waals surface area (Å²) in [5.41, 5.74) is 0.944. The van der Waals surface area contributed by atoms with E-state index in [0.29, 0.717) is 5.75 Å². The smallest absolute Gasteiger partial charge is 0.303 e. The zero-order chi connectivity index (χ0) is 27.6. The van der Waals surface area contributed by atoms with Crippen LogP contribution in [0.4, 0.5) is 0 Å². The zero-order valence-corrected chi connectivity index (χ0v) is 22.8. The van der Waals surface area contributed by atoms with E-state index in [1.807, 2.05) is 73.7 Å². The molecule has 3 aromatic carbocycles. The summed E-state index contributed by atoms with van der Waals surface area (Å²) in [5.74, 6) is 0.189. The van der Waals surface area contributed by atoms with Gasteiger partial charge in [-0.2, -0.15) is 0 Å². The molecule has 200 valence electrons. The van der Waals surface area contributed by atoms with Crippen LogP contribution in [0.3, 0.4) is 0 Å². The number of aromatic nitrogens is 1. The molecule has 1 aromatic heterocycles. The van der Waals surface area contributed by atoms with Crippen molar-refractivity contribution in [1.29, 1.82) is 0 Å². The summed E-state index contributed by atoms with van der Waals surface area (Å²) in [5, 5.41) is 2.69. The summed E-state index contributed by atoms with van der Waals surface area (Å²) in [7, 11) is -3.88. The Balaban J connectivity index is 1.34. The van der Waals surface area contributed by atoms with Gasteiger partial charge in [-0.3, -0.25) is 4.79 Å². The molecule has 8 heteroatoms. The number of nitrogens with zero attached hydrogens (tertiary/aromatic N) is 1.